The molecule has 0 amide bonds. The molecular weight excluding hydrogens is 443 g/mol. The molecule has 6 aromatic rings. The first-order valence-corrected chi connectivity index (χ1v) is 12.3. The predicted octanol–water partition coefficient (Wildman–Crippen LogP) is 7.37. The standard InChI is InChI=1S/C32H28BO3/c1-31(2,34)32(3,4)36-33-27-16-15-25(24-14-13-20-9-5-6-10-21(20)17-24)30-29(27)26-18-22-11-7-8-12-23(22)19-28(26)35-30/h5-19,34H,1-4H3. The van der Waals surface area contributed by atoms with E-state index in [-0.39, 0.29) is 0 Å². The summed E-state index contributed by atoms with van der Waals surface area (Å²) in [5.41, 5.74) is 2.94. The molecule has 3 nitrogen and oxygen atoms in total. The predicted molar refractivity (Wildman–Crippen MR) is 151 cm³/mol. The van der Waals surface area contributed by atoms with Crippen molar-refractivity contribution in [1.29, 1.82) is 0 Å². The molecular formula is C32H28BO3. The zero-order valence-corrected chi connectivity index (χ0v) is 21.0. The minimum atomic E-state index is -1.01. The molecule has 0 saturated heterocycles. The van der Waals surface area contributed by atoms with Crippen LogP contribution in [0.15, 0.2) is 95.4 Å². The quantitative estimate of drug-likeness (QED) is 0.267. The van der Waals surface area contributed by atoms with E-state index >= 15 is 0 Å². The van der Waals surface area contributed by atoms with Crippen molar-refractivity contribution in [2.24, 2.45) is 0 Å². The van der Waals surface area contributed by atoms with E-state index in [0.717, 1.165) is 49.3 Å². The van der Waals surface area contributed by atoms with Crippen LogP contribution in [0.2, 0.25) is 0 Å². The van der Waals surface area contributed by atoms with E-state index in [2.05, 4.69) is 84.9 Å². The highest BCUT2D eigenvalue weighted by molar-refractivity contribution is 6.53. The SMILES string of the molecule is CC(C)(O)C(C)(C)O[B]c1ccc(-c2ccc3ccccc3c2)c2oc3cc4ccccc4cc3c12. The van der Waals surface area contributed by atoms with Gasteiger partial charge >= 0.3 is 7.48 Å². The van der Waals surface area contributed by atoms with Gasteiger partial charge in [0.1, 0.15) is 11.2 Å². The maximum absolute atomic E-state index is 10.6. The summed E-state index contributed by atoms with van der Waals surface area (Å²) in [6.45, 7) is 7.31. The highest BCUT2D eigenvalue weighted by Gasteiger charge is 2.36. The Balaban J connectivity index is 1.58. The maximum atomic E-state index is 10.6. The lowest BCUT2D eigenvalue weighted by molar-refractivity contribution is -0.0893. The lowest BCUT2D eigenvalue weighted by Crippen LogP contribution is -2.49. The molecule has 1 aromatic heterocycles. The van der Waals surface area contributed by atoms with Gasteiger partial charge < -0.3 is 14.2 Å². The molecule has 0 unspecified atom stereocenters. The normalized spacial score (nSPS) is 12.7. The van der Waals surface area contributed by atoms with Crippen LogP contribution in [0.3, 0.4) is 0 Å². The summed E-state index contributed by atoms with van der Waals surface area (Å²) in [7, 11) is 1.76. The molecule has 0 saturated carbocycles. The van der Waals surface area contributed by atoms with Crippen molar-refractivity contribution in [3.63, 3.8) is 0 Å². The first-order valence-electron chi connectivity index (χ1n) is 12.3. The lowest BCUT2D eigenvalue weighted by Gasteiger charge is -2.37. The third-order valence-electron chi connectivity index (χ3n) is 7.53. The van der Waals surface area contributed by atoms with Crippen LogP contribution in [0.25, 0.3) is 54.6 Å². The van der Waals surface area contributed by atoms with Gasteiger partial charge in [-0.25, -0.2) is 0 Å². The Labute approximate surface area is 211 Å². The first-order chi connectivity index (χ1) is 17.2. The Kier molecular flexibility index (Phi) is 5.22. The lowest BCUT2D eigenvalue weighted by atomic mass is 9.79. The zero-order valence-electron chi connectivity index (χ0n) is 21.0. The molecule has 0 atom stereocenters. The van der Waals surface area contributed by atoms with Crippen molar-refractivity contribution in [3.05, 3.63) is 91.0 Å². The summed E-state index contributed by atoms with van der Waals surface area (Å²) in [4.78, 5) is 0. The number of hydrogen-bond donors (Lipinski definition) is 1. The average Bonchev–Trinajstić information content (AvgIpc) is 3.23. The third-order valence-corrected chi connectivity index (χ3v) is 7.53. The fourth-order valence-corrected chi connectivity index (χ4v) is 4.63. The summed E-state index contributed by atoms with van der Waals surface area (Å²) >= 11 is 0. The fourth-order valence-electron chi connectivity index (χ4n) is 4.63. The van der Waals surface area contributed by atoms with Crippen LogP contribution in [0.1, 0.15) is 27.7 Å². The molecule has 0 bridgehead atoms. The highest BCUT2D eigenvalue weighted by Crippen LogP contribution is 2.37. The van der Waals surface area contributed by atoms with Crippen LogP contribution in [0.5, 0.6) is 0 Å². The summed E-state index contributed by atoms with van der Waals surface area (Å²) in [5.74, 6) is 0. The Hall–Kier alpha value is -3.60. The van der Waals surface area contributed by atoms with Crippen LogP contribution in [0.4, 0.5) is 0 Å². The smallest absolute Gasteiger partial charge is 0.331 e. The van der Waals surface area contributed by atoms with Crippen LogP contribution in [-0.4, -0.2) is 23.8 Å². The van der Waals surface area contributed by atoms with Gasteiger partial charge in [-0.15, -0.1) is 0 Å². The van der Waals surface area contributed by atoms with Crippen LogP contribution in [0, 0.1) is 0 Å². The van der Waals surface area contributed by atoms with Crippen molar-refractivity contribution in [1.82, 2.24) is 0 Å². The van der Waals surface area contributed by atoms with Gasteiger partial charge in [0.2, 0.25) is 0 Å². The van der Waals surface area contributed by atoms with Crippen LogP contribution in [-0.2, 0) is 4.65 Å². The van der Waals surface area contributed by atoms with Gasteiger partial charge in [0, 0.05) is 16.3 Å². The van der Waals surface area contributed by atoms with Crippen LogP contribution < -0.4 is 5.46 Å². The second-order valence-electron chi connectivity index (χ2n) is 10.6. The van der Waals surface area contributed by atoms with Gasteiger partial charge in [0.15, 0.2) is 0 Å². The zero-order chi connectivity index (χ0) is 25.1. The molecule has 6 rings (SSSR count). The van der Waals surface area contributed by atoms with Gasteiger partial charge in [-0.3, -0.25) is 0 Å². The van der Waals surface area contributed by atoms with E-state index in [0.29, 0.717) is 0 Å². The van der Waals surface area contributed by atoms with Crippen molar-refractivity contribution in [3.8, 4) is 11.1 Å². The monoisotopic (exact) mass is 471 g/mol. The number of hydrogen-bond acceptors (Lipinski definition) is 3. The van der Waals surface area contributed by atoms with Crippen molar-refractivity contribution in [2.45, 2.75) is 38.9 Å². The summed E-state index contributed by atoms with van der Waals surface area (Å²) < 4.78 is 12.8. The van der Waals surface area contributed by atoms with Crippen LogP contribution >= 0.6 is 0 Å². The van der Waals surface area contributed by atoms with E-state index in [1.165, 1.54) is 10.8 Å². The minimum absolute atomic E-state index is 0.775. The molecule has 5 aromatic carbocycles. The molecule has 0 fully saturated rings. The largest absolute Gasteiger partial charge is 0.455 e. The summed E-state index contributed by atoms with van der Waals surface area (Å²) in [5, 5.41) is 17.4. The van der Waals surface area contributed by atoms with E-state index in [1.54, 1.807) is 21.3 Å². The Bertz CT molecular complexity index is 1750. The van der Waals surface area contributed by atoms with Gasteiger partial charge in [-0.1, -0.05) is 72.8 Å². The molecule has 1 heterocycles. The van der Waals surface area contributed by atoms with E-state index < -0.39 is 11.2 Å². The van der Waals surface area contributed by atoms with Gasteiger partial charge in [0.05, 0.1) is 11.2 Å². The van der Waals surface area contributed by atoms with Gasteiger partial charge in [-0.2, -0.15) is 0 Å². The molecule has 0 aliphatic carbocycles. The third kappa shape index (κ3) is 3.78. The number of furan rings is 1. The Morgan fingerprint density at radius 3 is 2.06 bits per heavy atom. The Morgan fingerprint density at radius 2 is 1.36 bits per heavy atom. The Morgan fingerprint density at radius 1 is 0.722 bits per heavy atom. The minimum Gasteiger partial charge on any atom is -0.455 e. The molecule has 0 spiro atoms. The van der Waals surface area contributed by atoms with Crippen molar-refractivity contribution >= 4 is 56.4 Å². The summed E-state index contributed by atoms with van der Waals surface area (Å²) in [6, 6.07) is 31.7. The number of aliphatic hydroxyl groups is 1. The van der Waals surface area contributed by atoms with Gasteiger partial charge in [-0.05, 0) is 78.5 Å². The van der Waals surface area contributed by atoms with E-state index in [9.17, 15) is 5.11 Å². The molecule has 177 valence electrons. The fraction of sp³-hybridized carbons (Fsp3) is 0.188. The molecule has 1 radical (unpaired) electrons. The topological polar surface area (TPSA) is 42.6 Å². The number of benzene rings is 5. The number of rotatable bonds is 5. The molecule has 4 heteroatoms. The molecule has 36 heavy (non-hydrogen) atoms. The molecule has 1 N–H and O–H groups in total. The van der Waals surface area contributed by atoms with E-state index in [4.69, 9.17) is 9.07 Å². The first kappa shape index (κ1) is 22.8. The molecule has 0 aliphatic rings. The van der Waals surface area contributed by atoms with E-state index in [1.807, 2.05) is 19.9 Å². The second kappa shape index (κ2) is 8.23. The second-order valence-corrected chi connectivity index (χ2v) is 10.6. The van der Waals surface area contributed by atoms with Crippen molar-refractivity contribution in [2.75, 3.05) is 0 Å². The maximum Gasteiger partial charge on any atom is 0.331 e. The highest BCUT2D eigenvalue weighted by atomic mass is 16.5. The molecule has 0 aliphatic heterocycles. The number of fused-ring (bicyclic) bond motifs is 5. The average molecular weight is 471 g/mol. The summed E-state index contributed by atoms with van der Waals surface area (Å²) in [6.07, 6.45) is 0. The van der Waals surface area contributed by atoms with Crippen molar-refractivity contribution < 1.29 is 14.2 Å². The van der Waals surface area contributed by atoms with Gasteiger partial charge in [0.25, 0.3) is 0 Å².